The first kappa shape index (κ1) is 9.72. The van der Waals surface area contributed by atoms with Crippen molar-refractivity contribution in [3.63, 3.8) is 0 Å². The van der Waals surface area contributed by atoms with E-state index in [1.54, 1.807) is 0 Å². The molecule has 0 unspecified atom stereocenters. The molecule has 1 aromatic rings. The number of rotatable bonds is 2. The van der Waals surface area contributed by atoms with Crippen LogP contribution in [-0.2, 0) is 0 Å². The SMILES string of the molecule is C/C=C(\C(C)=N)c1cccc(C)c1. The third-order valence-electron chi connectivity index (χ3n) is 2.02. The zero-order valence-electron chi connectivity index (χ0n) is 8.39. The normalized spacial score (nSPS) is 11.5. The Morgan fingerprint density at radius 2 is 2.08 bits per heavy atom. The Kier molecular flexibility index (Phi) is 3.02. The molecule has 0 saturated carbocycles. The molecular weight excluding hydrogens is 158 g/mol. The second-order valence-electron chi connectivity index (χ2n) is 3.20. The maximum Gasteiger partial charge on any atom is 0.0357 e. The second-order valence-corrected chi connectivity index (χ2v) is 3.20. The zero-order valence-corrected chi connectivity index (χ0v) is 8.39. The first-order valence-corrected chi connectivity index (χ1v) is 4.44. The van der Waals surface area contributed by atoms with Crippen LogP contribution in [-0.4, -0.2) is 5.71 Å². The summed E-state index contributed by atoms with van der Waals surface area (Å²) in [6, 6.07) is 8.24. The van der Waals surface area contributed by atoms with Crippen molar-refractivity contribution in [3.05, 3.63) is 41.5 Å². The Morgan fingerprint density at radius 1 is 1.38 bits per heavy atom. The van der Waals surface area contributed by atoms with Gasteiger partial charge < -0.3 is 5.41 Å². The summed E-state index contributed by atoms with van der Waals surface area (Å²) in [5.74, 6) is 0. The summed E-state index contributed by atoms with van der Waals surface area (Å²) in [6.45, 7) is 5.85. The smallest absolute Gasteiger partial charge is 0.0357 e. The van der Waals surface area contributed by atoms with Crippen molar-refractivity contribution >= 4 is 11.3 Å². The van der Waals surface area contributed by atoms with E-state index in [4.69, 9.17) is 5.41 Å². The van der Waals surface area contributed by atoms with Gasteiger partial charge in [-0.05, 0) is 31.9 Å². The van der Waals surface area contributed by atoms with Crippen LogP contribution < -0.4 is 0 Å². The minimum atomic E-state index is 0.619. The van der Waals surface area contributed by atoms with E-state index >= 15 is 0 Å². The lowest BCUT2D eigenvalue weighted by molar-refractivity contribution is 1.43. The molecule has 0 amide bonds. The summed E-state index contributed by atoms with van der Waals surface area (Å²) in [6.07, 6.45) is 1.98. The Bertz CT molecular complexity index is 348. The second kappa shape index (κ2) is 4.04. The van der Waals surface area contributed by atoms with Gasteiger partial charge in [-0.2, -0.15) is 0 Å². The van der Waals surface area contributed by atoms with E-state index in [2.05, 4.69) is 19.1 Å². The maximum atomic E-state index is 7.59. The van der Waals surface area contributed by atoms with Crippen molar-refractivity contribution in [2.24, 2.45) is 0 Å². The quantitative estimate of drug-likeness (QED) is 0.662. The summed E-state index contributed by atoms with van der Waals surface area (Å²) in [4.78, 5) is 0. The van der Waals surface area contributed by atoms with Crippen molar-refractivity contribution in [2.45, 2.75) is 20.8 Å². The molecule has 1 heteroatoms. The van der Waals surface area contributed by atoms with E-state index in [1.165, 1.54) is 5.56 Å². The Labute approximate surface area is 79.6 Å². The van der Waals surface area contributed by atoms with E-state index in [0.29, 0.717) is 5.71 Å². The van der Waals surface area contributed by atoms with Gasteiger partial charge in [-0.3, -0.25) is 0 Å². The Balaban J connectivity index is 3.14. The highest BCUT2D eigenvalue weighted by Gasteiger charge is 2.01. The molecule has 0 aliphatic heterocycles. The van der Waals surface area contributed by atoms with Gasteiger partial charge in [0.15, 0.2) is 0 Å². The van der Waals surface area contributed by atoms with Gasteiger partial charge in [0.1, 0.15) is 0 Å². The fourth-order valence-corrected chi connectivity index (χ4v) is 1.41. The van der Waals surface area contributed by atoms with Crippen molar-refractivity contribution in [1.29, 1.82) is 5.41 Å². The van der Waals surface area contributed by atoms with Gasteiger partial charge in [0.05, 0.1) is 0 Å². The van der Waals surface area contributed by atoms with Crippen LogP contribution in [0.1, 0.15) is 25.0 Å². The molecular formula is C12H15N. The van der Waals surface area contributed by atoms with Crippen LogP contribution >= 0.6 is 0 Å². The molecule has 0 atom stereocenters. The Morgan fingerprint density at radius 3 is 2.54 bits per heavy atom. The molecule has 0 heterocycles. The van der Waals surface area contributed by atoms with Crippen molar-refractivity contribution < 1.29 is 0 Å². The standard InChI is InChI=1S/C12H15N/c1-4-12(10(3)13)11-7-5-6-9(2)8-11/h4-8,13H,1-3H3/b12-4+,13-10?. The van der Waals surface area contributed by atoms with Crippen LogP contribution in [0.4, 0.5) is 0 Å². The molecule has 1 N–H and O–H groups in total. The van der Waals surface area contributed by atoms with Gasteiger partial charge in [-0.15, -0.1) is 0 Å². The highest BCUT2D eigenvalue weighted by Crippen LogP contribution is 2.16. The van der Waals surface area contributed by atoms with Gasteiger partial charge >= 0.3 is 0 Å². The third kappa shape index (κ3) is 2.28. The molecule has 0 fully saturated rings. The number of hydrogen-bond acceptors (Lipinski definition) is 1. The predicted octanol–water partition coefficient (Wildman–Crippen LogP) is 3.44. The first-order chi connectivity index (χ1) is 6.15. The molecule has 0 aliphatic carbocycles. The molecule has 0 radical (unpaired) electrons. The minimum absolute atomic E-state index is 0.619. The van der Waals surface area contributed by atoms with E-state index in [0.717, 1.165) is 11.1 Å². The number of aryl methyl sites for hydroxylation is 1. The van der Waals surface area contributed by atoms with E-state index in [1.807, 2.05) is 32.1 Å². The fraction of sp³-hybridized carbons (Fsp3) is 0.250. The third-order valence-corrected chi connectivity index (χ3v) is 2.02. The van der Waals surface area contributed by atoms with Gasteiger partial charge in [0, 0.05) is 5.71 Å². The molecule has 0 spiro atoms. The average Bonchev–Trinajstić information content (AvgIpc) is 2.04. The minimum Gasteiger partial charge on any atom is -0.305 e. The number of benzene rings is 1. The van der Waals surface area contributed by atoms with Crippen molar-refractivity contribution in [2.75, 3.05) is 0 Å². The molecule has 0 aromatic heterocycles. The van der Waals surface area contributed by atoms with E-state index in [9.17, 15) is 0 Å². The van der Waals surface area contributed by atoms with Gasteiger partial charge in [-0.1, -0.05) is 35.9 Å². The molecule has 0 saturated heterocycles. The largest absolute Gasteiger partial charge is 0.305 e. The van der Waals surface area contributed by atoms with Crippen LogP contribution in [0.15, 0.2) is 30.3 Å². The predicted molar refractivity (Wildman–Crippen MR) is 58.2 cm³/mol. The fourth-order valence-electron chi connectivity index (χ4n) is 1.41. The maximum absolute atomic E-state index is 7.59. The van der Waals surface area contributed by atoms with Crippen molar-refractivity contribution in [1.82, 2.24) is 0 Å². The van der Waals surface area contributed by atoms with Crippen LogP contribution in [0.3, 0.4) is 0 Å². The van der Waals surface area contributed by atoms with Gasteiger partial charge in [-0.25, -0.2) is 0 Å². The Hall–Kier alpha value is -1.37. The van der Waals surface area contributed by atoms with E-state index < -0.39 is 0 Å². The molecule has 0 aliphatic rings. The summed E-state index contributed by atoms with van der Waals surface area (Å²) >= 11 is 0. The summed E-state index contributed by atoms with van der Waals surface area (Å²) in [7, 11) is 0. The summed E-state index contributed by atoms with van der Waals surface area (Å²) in [5.41, 5.74) is 4.00. The summed E-state index contributed by atoms with van der Waals surface area (Å²) < 4.78 is 0. The van der Waals surface area contributed by atoms with Crippen LogP contribution in [0.2, 0.25) is 0 Å². The number of nitrogens with one attached hydrogen (secondary N) is 1. The van der Waals surface area contributed by atoms with Gasteiger partial charge in [0.25, 0.3) is 0 Å². The molecule has 1 rings (SSSR count). The number of hydrogen-bond donors (Lipinski definition) is 1. The van der Waals surface area contributed by atoms with Crippen LogP contribution in [0.25, 0.3) is 5.57 Å². The number of allylic oxidation sites excluding steroid dienone is 2. The molecule has 1 aromatic carbocycles. The van der Waals surface area contributed by atoms with Gasteiger partial charge in [0.2, 0.25) is 0 Å². The first-order valence-electron chi connectivity index (χ1n) is 4.44. The highest BCUT2D eigenvalue weighted by atomic mass is 14.4. The lowest BCUT2D eigenvalue weighted by Crippen LogP contribution is -1.94. The summed E-state index contributed by atoms with van der Waals surface area (Å²) in [5, 5.41) is 7.59. The lowest BCUT2D eigenvalue weighted by Gasteiger charge is -2.05. The lowest BCUT2D eigenvalue weighted by atomic mass is 10.0. The van der Waals surface area contributed by atoms with Crippen LogP contribution in [0, 0.1) is 12.3 Å². The highest BCUT2D eigenvalue weighted by molar-refractivity contribution is 6.21. The molecule has 0 bridgehead atoms. The molecule has 13 heavy (non-hydrogen) atoms. The zero-order chi connectivity index (χ0) is 9.84. The monoisotopic (exact) mass is 173 g/mol. The molecule has 68 valence electrons. The molecule has 1 nitrogen and oxygen atoms in total. The van der Waals surface area contributed by atoms with E-state index in [-0.39, 0.29) is 0 Å². The topological polar surface area (TPSA) is 23.9 Å². The van der Waals surface area contributed by atoms with Crippen molar-refractivity contribution in [3.8, 4) is 0 Å². The average molecular weight is 173 g/mol. The van der Waals surface area contributed by atoms with Crippen LogP contribution in [0.5, 0.6) is 0 Å².